The number of aromatic nitrogens is 2. The van der Waals surface area contributed by atoms with Crippen molar-refractivity contribution in [3.63, 3.8) is 0 Å². The molecule has 1 aromatic rings. The molecule has 3 heterocycles. The summed E-state index contributed by atoms with van der Waals surface area (Å²) in [6.07, 6.45) is 6.94. The first-order valence-corrected chi connectivity index (χ1v) is 6.83. The maximum absolute atomic E-state index is 6.09. The number of nitrogens with zero attached hydrogens (tertiary/aromatic N) is 2. The van der Waals surface area contributed by atoms with Crippen molar-refractivity contribution in [2.45, 2.75) is 43.5 Å². The van der Waals surface area contributed by atoms with E-state index in [0.29, 0.717) is 5.25 Å². The minimum Gasteiger partial charge on any atom is -0.330 e. The molecule has 2 aliphatic heterocycles. The Morgan fingerprint density at radius 2 is 2.33 bits per heavy atom. The molecule has 3 nitrogen and oxygen atoms in total. The molecule has 0 saturated carbocycles. The smallest absolute Gasteiger partial charge is 0.122 e. The fourth-order valence-electron chi connectivity index (χ4n) is 2.60. The third kappa shape index (κ3) is 1.60. The van der Waals surface area contributed by atoms with E-state index in [0.717, 1.165) is 13.0 Å². The van der Waals surface area contributed by atoms with Crippen LogP contribution in [-0.4, -0.2) is 15.3 Å². The van der Waals surface area contributed by atoms with Crippen molar-refractivity contribution in [3.8, 4) is 0 Å². The molecule has 2 unspecified atom stereocenters. The average Bonchev–Trinajstić information content (AvgIpc) is 2.85. The Morgan fingerprint density at radius 1 is 1.40 bits per heavy atom. The summed E-state index contributed by atoms with van der Waals surface area (Å²) in [7, 11) is 0. The number of rotatable bonds is 1. The van der Waals surface area contributed by atoms with Gasteiger partial charge in [0, 0.05) is 12.6 Å². The molecule has 0 bridgehead atoms. The van der Waals surface area contributed by atoms with Crippen molar-refractivity contribution in [3.05, 3.63) is 17.7 Å². The largest absolute Gasteiger partial charge is 0.330 e. The molecule has 1 aromatic heterocycles. The lowest BCUT2D eigenvalue weighted by Gasteiger charge is -2.23. The van der Waals surface area contributed by atoms with Crippen LogP contribution in [0, 0.1) is 0 Å². The van der Waals surface area contributed by atoms with Gasteiger partial charge in [0.05, 0.1) is 17.1 Å². The SMILES string of the molecule is NC1CCCn2c1cnc2C1CCCS1. The van der Waals surface area contributed by atoms with Gasteiger partial charge in [0.25, 0.3) is 0 Å². The summed E-state index contributed by atoms with van der Waals surface area (Å²) in [6.45, 7) is 1.12. The maximum atomic E-state index is 6.09. The van der Waals surface area contributed by atoms with Gasteiger partial charge in [-0.15, -0.1) is 0 Å². The molecular formula is C11H17N3S. The molecule has 3 rings (SSSR count). The Balaban J connectivity index is 1.95. The average molecular weight is 223 g/mol. The van der Waals surface area contributed by atoms with Crippen LogP contribution in [0.2, 0.25) is 0 Å². The molecule has 1 saturated heterocycles. The topological polar surface area (TPSA) is 43.8 Å². The molecule has 15 heavy (non-hydrogen) atoms. The second kappa shape index (κ2) is 3.83. The van der Waals surface area contributed by atoms with E-state index in [2.05, 4.69) is 9.55 Å². The zero-order valence-corrected chi connectivity index (χ0v) is 9.67. The lowest BCUT2D eigenvalue weighted by molar-refractivity contribution is 0.450. The number of nitrogens with two attached hydrogens (primary N) is 1. The van der Waals surface area contributed by atoms with Crippen molar-refractivity contribution in [2.24, 2.45) is 5.73 Å². The lowest BCUT2D eigenvalue weighted by atomic mass is 10.1. The second-order valence-electron chi connectivity index (χ2n) is 4.44. The van der Waals surface area contributed by atoms with E-state index in [1.807, 2.05) is 18.0 Å². The van der Waals surface area contributed by atoms with Crippen molar-refractivity contribution in [1.29, 1.82) is 0 Å². The molecule has 4 heteroatoms. The molecule has 2 N–H and O–H groups in total. The molecule has 0 aromatic carbocycles. The first-order chi connectivity index (χ1) is 7.36. The van der Waals surface area contributed by atoms with E-state index in [9.17, 15) is 0 Å². The van der Waals surface area contributed by atoms with Gasteiger partial charge in [-0.05, 0) is 31.4 Å². The van der Waals surface area contributed by atoms with Crippen LogP contribution in [-0.2, 0) is 6.54 Å². The predicted octanol–water partition coefficient (Wildman–Crippen LogP) is 2.24. The summed E-state index contributed by atoms with van der Waals surface area (Å²) < 4.78 is 2.37. The predicted molar refractivity (Wildman–Crippen MR) is 62.8 cm³/mol. The van der Waals surface area contributed by atoms with Gasteiger partial charge >= 0.3 is 0 Å². The van der Waals surface area contributed by atoms with Crippen LogP contribution >= 0.6 is 11.8 Å². The van der Waals surface area contributed by atoms with E-state index < -0.39 is 0 Å². The molecule has 0 radical (unpaired) electrons. The monoisotopic (exact) mass is 223 g/mol. The quantitative estimate of drug-likeness (QED) is 0.794. The normalized spacial score (nSPS) is 30.5. The van der Waals surface area contributed by atoms with Gasteiger partial charge in [0.1, 0.15) is 5.82 Å². The highest BCUT2D eigenvalue weighted by atomic mass is 32.2. The Morgan fingerprint density at radius 3 is 3.13 bits per heavy atom. The maximum Gasteiger partial charge on any atom is 0.122 e. The lowest BCUT2D eigenvalue weighted by Crippen LogP contribution is -2.22. The van der Waals surface area contributed by atoms with Crippen LogP contribution in [0.4, 0.5) is 0 Å². The van der Waals surface area contributed by atoms with Crippen LogP contribution in [0.5, 0.6) is 0 Å². The first-order valence-electron chi connectivity index (χ1n) is 5.79. The highest BCUT2D eigenvalue weighted by Crippen LogP contribution is 2.40. The van der Waals surface area contributed by atoms with E-state index >= 15 is 0 Å². The van der Waals surface area contributed by atoms with Crippen molar-refractivity contribution < 1.29 is 0 Å². The van der Waals surface area contributed by atoms with E-state index in [4.69, 9.17) is 5.73 Å². The summed E-state index contributed by atoms with van der Waals surface area (Å²) in [5.41, 5.74) is 7.34. The highest BCUT2D eigenvalue weighted by molar-refractivity contribution is 7.99. The molecule has 0 aliphatic carbocycles. The Bertz CT molecular complexity index is 355. The van der Waals surface area contributed by atoms with Crippen LogP contribution in [0.1, 0.15) is 48.5 Å². The molecule has 0 spiro atoms. The van der Waals surface area contributed by atoms with Gasteiger partial charge in [0.2, 0.25) is 0 Å². The van der Waals surface area contributed by atoms with Gasteiger partial charge < -0.3 is 10.3 Å². The van der Waals surface area contributed by atoms with Crippen molar-refractivity contribution in [2.75, 3.05) is 5.75 Å². The summed E-state index contributed by atoms with van der Waals surface area (Å²) in [5, 5.41) is 0.629. The van der Waals surface area contributed by atoms with E-state index in [1.165, 1.54) is 36.5 Å². The van der Waals surface area contributed by atoms with Gasteiger partial charge in [-0.2, -0.15) is 11.8 Å². The molecule has 2 atom stereocenters. The molecule has 82 valence electrons. The van der Waals surface area contributed by atoms with Crippen LogP contribution in [0.15, 0.2) is 6.20 Å². The number of thioether (sulfide) groups is 1. The minimum atomic E-state index is 0.214. The van der Waals surface area contributed by atoms with Crippen molar-refractivity contribution in [1.82, 2.24) is 9.55 Å². The molecule has 1 fully saturated rings. The van der Waals surface area contributed by atoms with Gasteiger partial charge in [-0.3, -0.25) is 0 Å². The number of hydrogen-bond donors (Lipinski definition) is 1. The minimum absolute atomic E-state index is 0.214. The number of fused-ring (bicyclic) bond motifs is 1. The van der Waals surface area contributed by atoms with E-state index in [-0.39, 0.29) is 6.04 Å². The zero-order valence-electron chi connectivity index (χ0n) is 8.85. The van der Waals surface area contributed by atoms with Crippen LogP contribution in [0.3, 0.4) is 0 Å². The number of imidazole rings is 1. The standard InChI is InChI=1S/C11H17N3S/c12-8-3-1-5-14-9(8)7-13-11(14)10-4-2-6-15-10/h7-8,10H,1-6,12H2. The third-order valence-corrected chi connectivity index (χ3v) is 4.78. The summed E-state index contributed by atoms with van der Waals surface area (Å²) in [6, 6.07) is 0.214. The first kappa shape index (κ1) is 9.73. The summed E-state index contributed by atoms with van der Waals surface area (Å²) >= 11 is 2.05. The Hall–Kier alpha value is -0.480. The van der Waals surface area contributed by atoms with Crippen molar-refractivity contribution >= 4 is 11.8 Å². The van der Waals surface area contributed by atoms with Gasteiger partial charge in [-0.1, -0.05) is 0 Å². The van der Waals surface area contributed by atoms with Crippen LogP contribution in [0.25, 0.3) is 0 Å². The van der Waals surface area contributed by atoms with E-state index in [1.54, 1.807) is 0 Å². The fourth-order valence-corrected chi connectivity index (χ4v) is 3.89. The number of hydrogen-bond acceptors (Lipinski definition) is 3. The Labute approximate surface area is 94.4 Å². The molecule has 2 aliphatic rings. The van der Waals surface area contributed by atoms with Gasteiger partial charge in [0.15, 0.2) is 0 Å². The molecular weight excluding hydrogens is 206 g/mol. The zero-order chi connectivity index (χ0) is 10.3. The Kier molecular flexibility index (Phi) is 2.48. The second-order valence-corrected chi connectivity index (χ2v) is 5.75. The summed E-state index contributed by atoms with van der Waals surface area (Å²) in [4.78, 5) is 4.59. The highest BCUT2D eigenvalue weighted by Gasteiger charge is 2.27. The fraction of sp³-hybridized carbons (Fsp3) is 0.727. The van der Waals surface area contributed by atoms with Gasteiger partial charge in [-0.25, -0.2) is 4.98 Å². The third-order valence-electron chi connectivity index (χ3n) is 3.41. The van der Waals surface area contributed by atoms with Crippen LogP contribution < -0.4 is 5.73 Å². The molecule has 0 amide bonds. The summed E-state index contributed by atoms with van der Waals surface area (Å²) in [5.74, 6) is 2.57.